The van der Waals surface area contributed by atoms with Crippen molar-refractivity contribution in [3.63, 3.8) is 0 Å². The molecule has 10 nitrogen and oxygen atoms in total. The molecule has 2 aromatic carbocycles. The molecule has 39 heavy (non-hydrogen) atoms. The molecule has 0 fully saturated rings. The fourth-order valence-electron chi connectivity index (χ4n) is 4.27. The van der Waals surface area contributed by atoms with Gasteiger partial charge in [-0.2, -0.15) is 10.4 Å². The number of benzene rings is 2. The van der Waals surface area contributed by atoms with Gasteiger partial charge in [-0.05, 0) is 54.5 Å². The third-order valence-electron chi connectivity index (χ3n) is 6.30. The summed E-state index contributed by atoms with van der Waals surface area (Å²) >= 11 is 0. The van der Waals surface area contributed by atoms with Gasteiger partial charge in [-0.15, -0.1) is 0 Å². The standard InChI is InChI=1S/C29H20N6O4/c1-19-25(28(36)33(29(37)26(19)15-30)17-20-6-5-13-31-16-20)14-22-18-34(23-7-3-2-4-8-23)32-27(22)21-9-11-24(12-10-21)35(38)39/h2-14,16,18H,17H2,1H3/b25-14+. The molecule has 0 saturated heterocycles. The van der Waals surface area contributed by atoms with Gasteiger partial charge in [0.25, 0.3) is 17.5 Å². The van der Waals surface area contributed by atoms with E-state index in [1.165, 1.54) is 12.1 Å². The molecule has 0 aliphatic carbocycles. The molecule has 1 aliphatic rings. The number of imide groups is 1. The zero-order valence-electron chi connectivity index (χ0n) is 20.7. The van der Waals surface area contributed by atoms with Gasteiger partial charge in [0, 0.05) is 47.4 Å². The quantitative estimate of drug-likeness (QED) is 0.158. The van der Waals surface area contributed by atoms with Crippen molar-refractivity contribution in [2.75, 3.05) is 0 Å². The van der Waals surface area contributed by atoms with E-state index in [1.54, 1.807) is 60.5 Å². The van der Waals surface area contributed by atoms with Gasteiger partial charge in [-0.1, -0.05) is 24.3 Å². The van der Waals surface area contributed by atoms with Crippen molar-refractivity contribution in [2.45, 2.75) is 13.5 Å². The van der Waals surface area contributed by atoms with Crippen molar-refractivity contribution in [2.24, 2.45) is 0 Å². The third kappa shape index (κ3) is 4.84. The van der Waals surface area contributed by atoms with Crippen LogP contribution in [0.3, 0.4) is 0 Å². The Balaban J connectivity index is 1.65. The lowest BCUT2D eigenvalue weighted by Gasteiger charge is -2.27. The topological polar surface area (TPSA) is 135 Å². The van der Waals surface area contributed by atoms with Crippen LogP contribution < -0.4 is 0 Å². The first-order valence-corrected chi connectivity index (χ1v) is 11.9. The molecule has 0 spiro atoms. The zero-order valence-corrected chi connectivity index (χ0v) is 20.7. The van der Waals surface area contributed by atoms with E-state index in [0.29, 0.717) is 22.4 Å². The van der Waals surface area contributed by atoms with Crippen molar-refractivity contribution in [3.8, 4) is 23.0 Å². The summed E-state index contributed by atoms with van der Waals surface area (Å²) in [6.07, 6.45) is 6.47. The van der Waals surface area contributed by atoms with Crippen molar-refractivity contribution >= 4 is 23.6 Å². The highest BCUT2D eigenvalue weighted by Crippen LogP contribution is 2.32. The molecule has 0 bridgehead atoms. The van der Waals surface area contributed by atoms with Crippen LogP contribution in [0.15, 0.2) is 102 Å². The first-order valence-electron chi connectivity index (χ1n) is 11.9. The van der Waals surface area contributed by atoms with Gasteiger partial charge < -0.3 is 0 Å². The number of nitrogens with zero attached hydrogens (tertiary/aromatic N) is 6. The monoisotopic (exact) mass is 516 g/mol. The molecule has 190 valence electrons. The predicted octanol–water partition coefficient (Wildman–Crippen LogP) is 4.63. The Morgan fingerprint density at radius 2 is 1.77 bits per heavy atom. The first-order chi connectivity index (χ1) is 18.9. The van der Waals surface area contributed by atoms with Gasteiger partial charge in [0.1, 0.15) is 11.6 Å². The number of hydrogen-bond acceptors (Lipinski definition) is 7. The van der Waals surface area contributed by atoms with Crippen molar-refractivity contribution in [3.05, 3.63) is 123 Å². The van der Waals surface area contributed by atoms with Gasteiger partial charge in [0.15, 0.2) is 0 Å². The molecule has 1 aliphatic heterocycles. The molecule has 0 radical (unpaired) electrons. The summed E-state index contributed by atoms with van der Waals surface area (Å²) in [4.78, 5) is 42.4. The van der Waals surface area contributed by atoms with E-state index >= 15 is 0 Å². The van der Waals surface area contributed by atoms with Gasteiger partial charge in [-0.25, -0.2) is 4.68 Å². The number of nitro groups is 1. The Labute approximate surface area is 222 Å². The normalized spacial score (nSPS) is 14.6. The third-order valence-corrected chi connectivity index (χ3v) is 6.30. The SMILES string of the molecule is CC1=C(C#N)C(=O)N(Cc2cccnc2)C(=O)/C1=C/c1cn(-c2ccccc2)nc1-c1ccc([N+](=O)[O-])cc1. The molecule has 3 heterocycles. The summed E-state index contributed by atoms with van der Waals surface area (Å²) in [7, 11) is 0. The largest absolute Gasteiger partial charge is 0.271 e. The number of amides is 2. The van der Waals surface area contributed by atoms with Crippen LogP contribution in [0.2, 0.25) is 0 Å². The van der Waals surface area contributed by atoms with E-state index in [2.05, 4.69) is 4.98 Å². The molecule has 4 aromatic rings. The lowest BCUT2D eigenvalue weighted by molar-refractivity contribution is -0.384. The smallest absolute Gasteiger partial charge is 0.269 e. The second-order valence-corrected chi connectivity index (χ2v) is 8.74. The Morgan fingerprint density at radius 3 is 2.41 bits per heavy atom. The number of carbonyl (C=O) groups is 2. The maximum absolute atomic E-state index is 13.6. The summed E-state index contributed by atoms with van der Waals surface area (Å²) in [5.74, 6) is -1.22. The minimum absolute atomic E-state index is 0.0419. The highest BCUT2D eigenvalue weighted by Gasteiger charge is 2.35. The fourth-order valence-corrected chi connectivity index (χ4v) is 4.27. The zero-order chi connectivity index (χ0) is 27.5. The maximum Gasteiger partial charge on any atom is 0.271 e. The Hall–Kier alpha value is -5.69. The number of rotatable bonds is 6. The molecular formula is C29H20N6O4. The van der Waals surface area contributed by atoms with E-state index in [4.69, 9.17) is 5.10 Å². The van der Waals surface area contributed by atoms with Gasteiger partial charge in [0.05, 0.1) is 22.8 Å². The van der Waals surface area contributed by atoms with Crippen LogP contribution in [0.1, 0.15) is 18.1 Å². The summed E-state index contributed by atoms with van der Waals surface area (Å²) in [6.45, 7) is 1.52. The second-order valence-electron chi connectivity index (χ2n) is 8.74. The number of pyridine rings is 1. The van der Waals surface area contributed by atoms with Crippen LogP contribution in [0, 0.1) is 21.4 Å². The molecule has 2 aromatic heterocycles. The molecule has 0 N–H and O–H groups in total. The number of hydrogen-bond donors (Lipinski definition) is 0. The maximum atomic E-state index is 13.6. The van der Waals surface area contributed by atoms with Gasteiger partial charge >= 0.3 is 0 Å². The number of nitro benzene ring substituents is 1. The predicted molar refractivity (Wildman–Crippen MR) is 142 cm³/mol. The van der Waals surface area contributed by atoms with Gasteiger partial charge in [-0.3, -0.25) is 29.6 Å². The highest BCUT2D eigenvalue weighted by molar-refractivity contribution is 6.19. The van der Waals surface area contributed by atoms with E-state index in [0.717, 1.165) is 10.6 Å². The molecular weight excluding hydrogens is 496 g/mol. The summed E-state index contributed by atoms with van der Waals surface area (Å²) < 4.78 is 1.64. The number of aromatic nitrogens is 3. The number of para-hydroxylation sites is 1. The molecule has 0 unspecified atom stereocenters. The van der Waals surface area contributed by atoms with Crippen molar-refractivity contribution in [1.29, 1.82) is 5.26 Å². The number of non-ortho nitro benzene ring substituents is 1. The molecule has 10 heteroatoms. The summed E-state index contributed by atoms with van der Waals surface area (Å²) in [5.41, 5.74) is 3.23. The lowest BCUT2D eigenvalue weighted by Crippen LogP contribution is -2.42. The first kappa shape index (κ1) is 25.0. The van der Waals surface area contributed by atoms with E-state index in [-0.39, 0.29) is 29.0 Å². The van der Waals surface area contributed by atoms with Crippen molar-refractivity contribution < 1.29 is 14.5 Å². The van der Waals surface area contributed by atoms with Crippen LogP contribution in [0.5, 0.6) is 0 Å². The number of carbonyl (C=O) groups excluding carboxylic acids is 2. The van der Waals surface area contributed by atoms with Crippen molar-refractivity contribution in [1.82, 2.24) is 19.7 Å². The summed E-state index contributed by atoms with van der Waals surface area (Å²) in [5, 5.41) is 25.6. The molecule has 2 amide bonds. The van der Waals surface area contributed by atoms with E-state index in [9.17, 15) is 25.0 Å². The Kier molecular flexibility index (Phi) is 6.63. The molecule has 0 saturated carbocycles. The van der Waals surface area contributed by atoms with Crippen LogP contribution in [0.25, 0.3) is 23.0 Å². The highest BCUT2D eigenvalue weighted by atomic mass is 16.6. The molecule has 0 atom stereocenters. The van der Waals surface area contributed by atoms with Crippen LogP contribution in [-0.4, -0.2) is 36.4 Å². The minimum atomic E-state index is -0.670. The lowest BCUT2D eigenvalue weighted by atomic mass is 9.93. The van der Waals surface area contributed by atoms with E-state index < -0.39 is 16.7 Å². The van der Waals surface area contributed by atoms with E-state index in [1.807, 2.05) is 36.4 Å². The Morgan fingerprint density at radius 1 is 1.03 bits per heavy atom. The minimum Gasteiger partial charge on any atom is -0.269 e. The Bertz CT molecular complexity index is 1700. The van der Waals surface area contributed by atoms with Crippen LogP contribution >= 0.6 is 0 Å². The average Bonchev–Trinajstić information content (AvgIpc) is 3.39. The number of nitriles is 1. The molecule has 5 rings (SSSR count). The second kappa shape index (κ2) is 10.4. The van der Waals surface area contributed by atoms with Crippen LogP contribution in [-0.2, 0) is 16.1 Å². The average molecular weight is 517 g/mol. The van der Waals surface area contributed by atoms with Crippen LogP contribution in [0.4, 0.5) is 5.69 Å². The fraction of sp³-hybridized carbons (Fsp3) is 0.0690. The summed E-state index contributed by atoms with van der Waals surface area (Å²) in [6, 6.07) is 20.6. The van der Waals surface area contributed by atoms with Gasteiger partial charge in [0.2, 0.25) is 0 Å².